The minimum Gasteiger partial charge on any atom is -0.479 e. The number of hydrogen-bond donors (Lipinski definition) is 1. The number of hydrogen-bond acceptors (Lipinski definition) is 4. The first-order valence-corrected chi connectivity index (χ1v) is 4.38. The average Bonchev–Trinajstić information content (AvgIpc) is 2.81. The fourth-order valence-electron chi connectivity index (χ4n) is 1.25. The predicted octanol–water partition coefficient (Wildman–Crippen LogP) is 0.757. The van der Waals surface area contributed by atoms with Gasteiger partial charge in [-0.05, 0) is 28.1 Å². The molecule has 0 saturated heterocycles. The Morgan fingerprint density at radius 3 is 2.94 bits per heavy atom. The van der Waals surface area contributed by atoms with E-state index in [0.29, 0.717) is 5.69 Å². The molecular formula is C9H7FN4O2. The normalized spacial score (nSPS) is 12.3. The van der Waals surface area contributed by atoms with Gasteiger partial charge in [-0.1, -0.05) is 12.1 Å². The van der Waals surface area contributed by atoms with Gasteiger partial charge in [0.25, 0.3) is 0 Å². The van der Waals surface area contributed by atoms with Crippen LogP contribution in [0.3, 0.4) is 0 Å². The second-order valence-corrected chi connectivity index (χ2v) is 3.05. The van der Waals surface area contributed by atoms with Crippen molar-refractivity contribution in [3.05, 3.63) is 36.2 Å². The number of carbonyl (C=O) groups is 1. The Kier molecular flexibility index (Phi) is 2.59. The Bertz CT molecular complexity index is 500. The zero-order valence-electron chi connectivity index (χ0n) is 7.99. The van der Waals surface area contributed by atoms with E-state index in [1.807, 2.05) is 0 Å². The summed E-state index contributed by atoms with van der Waals surface area (Å²) >= 11 is 0. The molecule has 1 heterocycles. The van der Waals surface area contributed by atoms with Crippen molar-refractivity contribution in [2.75, 3.05) is 0 Å². The standard InChI is InChI=1S/C9H7FN4O2/c10-8(9(15)16)6-2-1-3-7(4-6)14-5-11-12-13-14/h1-5,8H,(H,15,16). The number of alkyl halides is 1. The zero-order valence-corrected chi connectivity index (χ0v) is 7.99. The number of aliphatic carboxylic acids is 1. The van der Waals surface area contributed by atoms with E-state index in [-0.39, 0.29) is 5.56 Å². The molecule has 1 unspecified atom stereocenters. The largest absolute Gasteiger partial charge is 0.479 e. The van der Waals surface area contributed by atoms with Crippen LogP contribution in [0.15, 0.2) is 30.6 Å². The van der Waals surface area contributed by atoms with Gasteiger partial charge in [0.2, 0.25) is 6.17 Å². The molecule has 6 nitrogen and oxygen atoms in total. The first-order valence-electron chi connectivity index (χ1n) is 4.38. The van der Waals surface area contributed by atoms with Gasteiger partial charge in [-0.15, -0.1) is 5.10 Å². The summed E-state index contributed by atoms with van der Waals surface area (Å²) in [5.41, 5.74) is 0.562. The molecule has 0 amide bonds. The van der Waals surface area contributed by atoms with Crippen LogP contribution in [0.2, 0.25) is 0 Å². The first-order chi connectivity index (χ1) is 7.68. The van der Waals surface area contributed by atoms with Crippen molar-refractivity contribution < 1.29 is 14.3 Å². The van der Waals surface area contributed by atoms with E-state index in [1.165, 1.54) is 23.1 Å². The molecular weight excluding hydrogens is 215 g/mol. The van der Waals surface area contributed by atoms with E-state index in [1.54, 1.807) is 12.1 Å². The number of aromatic nitrogens is 4. The van der Waals surface area contributed by atoms with Crippen LogP contribution in [0.5, 0.6) is 0 Å². The lowest BCUT2D eigenvalue weighted by molar-refractivity contribution is -0.143. The number of benzene rings is 1. The van der Waals surface area contributed by atoms with Gasteiger partial charge in [0, 0.05) is 0 Å². The molecule has 1 N–H and O–H groups in total. The Balaban J connectivity index is 2.37. The molecule has 1 atom stereocenters. The molecule has 0 saturated carbocycles. The molecule has 0 bridgehead atoms. The summed E-state index contributed by atoms with van der Waals surface area (Å²) in [6, 6.07) is 5.97. The molecule has 82 valence electrons. The van der Waals surface area contributed by atoms with E-state index in [0.717, 1.165) is 0 Å². The Morgan fingerprint density at radius 2 is 2.31 bits per heavy atom. The quantitative estimate of drug-likeness (QED) is 0.829. The van der Waals surface area contributed by atoms with Crippen molar-refractivity contribution in [3.63, 3.8) is 0 Å². The third-order valence-electron chi connectivity index (χ3n) is 1.99. The molecule has 0 aliphatic carbocycles. The van der Waals surface area contributed by atoms with Crippen molar-refractivity contribution in [2.45, 2.75) is 6.17 Å². The van der Waals surface area contributed by atoms with Crippen LogP contribution in [0.25, 0.3) is 5.69 Å². The maximum absolute atomic E-state index is 13.2. The lowest BCUT2D eigenvalue weighted by Gasteiger charge is -2.05. The lowest BCUT2D eigenvalue weighted by atomic mass is 10.1. The van der Waals surface area contributed by atoms with E-state index in [4.69, 9.17) is 5.11 Å². The molecule has 2 rings (SSSR count). The second kappa shape index (κ2) is 4.05. The SMILES string of the molecule is O=C(O)C(F)c1cccc(-n2cnnn2)c1. The Hall–Kier alpha value is -2.31. The zero-order chi connectivity index (χ0) is 11.5. The number of nitrogens with zero attached hydrogens (tertiary/aromatic N) is 4. The van der Waals surface area contributed by atoms with Crippen LogP contribution in [0.4, 0.5) is 4.39 Å². The minimum atomic E-state index is -2.04. The summed E-state index contributed by atoms with van der Waals surface area (Å²) in [6.07, 6.45) is -0.705. The van der Waals surface area contributed by atoms with E-state index in [2.05, 4.69) is 15.5 Å². The Morgan fingerprint density at radius 1 is 1.50 bits per heavy atom. The van der Waals surface area contributed by atoms with E-state index < -0.39 is 12.1 Å². The third-order valence-corrected chi connectivity index (χ3v) is 1.99. The van der Waals surface area contributed by atoms with Crippen LogP contribution in [-0.4, -0.2) is 31.3 Å². The first kappa shape index (κ1) is 10.2. The van der Waals surface area contributed by atoms with E-state index in [9.17, 15) is 9.18 Å². The predicted molar refractivity (Wildman–Crippen MR) is 50.6 cm³/mol. The smallest absolute Gasteiger partial charge is 0.343 e. The lowest BCUT2D eigenvalue weighted by Crippen LogP contribution is -2.06. The van der Waals surface area contributed by atoms with Gasteiger partial charge in [0.05, 0.1) is 5.69 Å². The van der Waals surface area contributed by atoms with Gasteiger partial charge in [0.1, 0.15) is 6.33 Å². The summed E-state index contributed by atoms with van der Waals surface area (Å²) in [6.45, 7) is 0. The molecule has 0 aliphatic heterocycles. The summed E-state index contributed by atoms with van der Waals surface area (Å²) in [5, 5.41) is 19.0. The van der Waals surface area contributed by atoms with Gasteiger partial charge in [-0.2, -0.15) is 0 Å². The fraction of sp³-hybridized carbons (Fsp3) is 0.111. The fourth-order valence-corrected chi connectivity index (χ4v) is 1.25. The number of carboxylic acids is 1. The van der Waals surface area contributed by atoms with Crippen molar-refractivity contribution in [1.82, 2.24) is 20.2 Å². The molecule has 1 aromatic heterocycles. The monoisotopic (exact) mass is 222 g/mol. The highest BCUT2D eigenvalue weighted by Crippen LogP contribution is 2.19. The summed E-state index contributed by atoms with van der Waals surface area (Å²) in [7, 11) is 0. The molecule has 0 aliphatic rings. The molecule has 0 fully saturated rings. The molecule has 0 radical (unpaired) electrons. The molecule has 2 aromatic rings. The maximum atomic E-state index is 13.2. The molecule has 16 heavy (non-hydrogen) atoms. The van der Waals surface area contributed by atoms with Gasteiger partial charge < -0.3 is 5.11 Å². The van der Waals surface area contributed by atoms with Crippen molar-refractivity contribution in [1.29, 1.82) is 0 Å². The molecule has 0 spiro atoms. The number of tetrazole rings is 1. The number of rotatable bonds is 3. The van der Waals surface area contributed by atoms with Crippen molar-refractivity contribution in [3.8, 4) is 5.69 Å². The topological polar surface area (TPSA) is 80.9 Å². The highest BCUT2D eigenvalue weighted by Gasteiger charge is 2.18. The highest BCUT2D eigenvalue weighted by atomic mass is 19.1. The van der Waals surface area contributed by atoms with Crippen molar-refractivity contribution in [2.24, 2.45) is 0 Å². The molecule has 7 heteroatoms. The summed E-state index contributed by atoms with van der Waals surface area (Å²) < 4.78 is 14.5. The van der Waals surface area contributed by atoms with Crippen LogP contribution >= 0.6 is 0 Å². The third kappa shape index (κ3) is 1.88. The van der Waals surface area contributed by atoms with E-state index >= 15 is 0 Å². The number of carboxylic acid groups (broad SMARTS) is 1. The highest BCUT2D eigenvalue weighted by molar-refractivity contribution is 5.74. The van der Waals surface area contributed by atoms with Gasteiger partial charge in [0.15, 0.2) is 0 Å². The molecule has 1 aromatic carbocycles. The summed E-state index contributed by atoms with van der Waals surface area (Å²) in [5.74, 6) is -1.52. The van der Waals surface area contributed by atoms with Crippen LogP contribution in [-0.2, 0) is 4.79 Å². The maximum Gasteiger partial charge on any atom is 0.343 e. The van der Waals surface area contributed by atoms with Gasteiger partial charge >= 0.3 is 5.97 Å². The van der Waals surface area contributed by atoms with Gasteiger partial charge in [-0.25, -0.2) is 13.9 Å². The Labute approximate surface area is 89.3 Å². The van der Waals surface area contributed by atoms with Crippen LogP contribution in [0.1, 0.15) is 11.7 Å². The second-order valence-electron chi connectivity index (χ2n) is 3.05. The van der Waals surface area contributed by atoms with Crippen molar-refractivity contribution >= 4 is 5.97 Å². The number of halogens is 1. The summed E-state index contributed by atoms with van der Waals surface area (Å²) in [4.78, 5) is 10.5. The van der Waals surface area contributed by atoms with Crippen LogP contribution in [0, 0.1) is 0 Å². The van der Waals surface area contributed by atoms with Gasteiger partial charge in [-0.3, -0.25) is 0 Å². The minimum absolute atomic E-state index is 0.0560. The average molecular weight is 222 g/mol. The van der Waals surface area contributed by atoms with Crippen LogP contribution < -0.4 is 0 Å².